The summed E-state index contributed by atoms with van der Waals surface area (Å²) >= 11 is 5.74. The van der Waals surface area contributed by atoms with Crippen LogP contribution < -0.4 is 5.32 Å². The quantitative estimate of drug-likeness (QED) is 0.863. The van der Waals surface area contributed by atoms with Gasteiger partial charge in [-0.3, -0.25) is 4.79 Å². The van der Waals surface area contributed by atoms with Crippen molar-refractivity contribution >= 4 is 33.2 Å². The first-order valence-electron chi connectivity index (χ1n) is 8.14. The van der Waals surface area contributed by atoms with Gasteiger partial charge in [-0.05, 0) is 42.7 Å². The summed E-state index contributed by atoms with van der Waals surface area (Å²) in [5.41, 5.74) is 2.14. The van der Waals surface area contributed by atoms with E-state index in [-0.39, 0.29) is 23.7 Å². The number of carbonyl (C=O) groups is 1. The van der Waals surface area contributed by atoms with Crippen LogP contribution in [0.15, 0.2) is 42.5 Å². The van der Waals surface area contributed by atoms with Gasteiger partial charge in [-0.15, -0.1) is 0 Å². The van der Waals surface area contributed by atoms with Crippen molar-refractivity contribution in [3.05, 3.63) is 64.4 Å². The van der Waals surface area contributed by atoms with Crippen molar-refractivity contribution in [1.29, 1.82) is 0 Å². The van der Waals surface area contributed by atoms with Gasteiger partial charge in [0.25, 0.3) is 0 Å². The number of rotatable bonds is 4. The number of nitrogens with zero attached hydrogens (tertiary/aromatic N) is 1. The number of hydrogen-bond acceptors (Lipinski definition) is 3. The summed E-state index contributed by atoms with van der Waals surface area (Å²) in [4.78, 5) is 12.8. The Hall–Kier alpha value is -1.96. The minimum absolute atomic E-state index is 0.0959. The third-order valence-corrected chi connectivity index (χ3v) is 6.53. The van der Waals surface area contributed by atoms with Crippen LogP contribution in [0.5, 0.6) is 0 Å². The topological polar surface area (TPSA) is 66.5 Å². The number of amides is 1. The first-order valence-corrected chi connectivity index (χ1v) is 10.1. The van der Waals surface area contributed by atoms with E-state index in [9.17, 15) is 17.6 Å². The van der Waals surface area contributed by atoms with Crippen molar-refractivity contribution in [2.75, 3.05) is 11.1 Å². The zero-order valence-corrected chi connectivity index (χ0v) is 15.6. The normalized spacial score (nSPS) is 17.6. The predicted octanol–water partition coefficient (Wildman–Crippen LogP) is 3.19. The maximum atomic E-state index is 13.3. The van der Waals surface area contributed by atoms with E-state index in [1.54, 1.807) is 6.92 Å². The maximum Gasteiger partial charge on any atom is 0.243 e. The van der Waals surface area contributed by atoms with Crippen LogP contribution in [0.3, 0.4) is 0 Å². The van der Waals surface area contributed by atoms with Crippen molar-refractivity contribution in [2.24, 2.45) is 0 Å². The summed E-state index contributed by atoms with van der Waals surface area (Å²) in [6.45, 7) is 1.69. The van der Waals surface area contributed by atoms with Crippen molar-refractivity contribution in [3.8, 4) is 0 Å². The van der Waals surface area contributed by atoms with Crippen LogP contribution in [0, 0.1) is 5.82 Å². The van der Waals surface area contributed by atoms with Gasteiger partial charge in [0.05, 0.1) is 10.8 Å². The molecule has 138 valence electrons. The Kier molecular flexibility index (Phi) is 5.32. The highest BCUT2D eigenvalue weighted by atomic mass is 35.5. The molecule has 0 aliphatic carbocycles. The zero-order valence-electron chi connectivity index (χ0n) is 14.1. The Morgan fingerprint density at radius 3 is 2.62 bits per heavy atom. The molecule has 1 aliphatic rings. The van der Waals surface area contributed by atoms with Crippen molar-refractivity contribution in [2.45, 2.75) is 25.9 Å². The summed E-state index contributed by atoms with van der Waals surface area (Å²) in [5.74, 6) is -1.16. The number of carbonyl (C=O) groups excluding carboxylic acids is 1. The van der Waals surface area contributed by atoms with E-state index in [1.165, 1.54) is 16.4 Å². The molecule has 1 N–H and O–H groups in total. The molecule has 0 bridgehead atoms. The molecule has 8 heteroatoms. The molecule has 0 radical (unpaired) electrons. The Morgan fingerprint density at radius 2 is 1.96 bits per heavy atom. The van der Waals surface area contributed by atoms with Gasteiger partial charge in [0.1, 0.15) is 11.9 Å². The van der Waals surface area contributed by atoms with Crippen LogP contribution in [0.2, 0.25) is 5.02 Å². The summed E-state index contributed by atoms with van der Waals surface area (Å²) in [6.07, 6.45) is 0.274. The smallest absolute Gasteiger partial charge is 0.243 e. The molecule has 0 saturated carbocycles. The first kappa shape index (κ1) is 18.8. The van der Waals surface area contributed by atoms with Gasteiger partial charge in [0, 0.05) is 12.2 Å². The van der Waals surface area contributed by atoms with Crippen molar-refractivity contribution in [1.82, 2.24) is 4.31 Å². The molecule has 1 aliphatic heterocycles. The van der Waals surface area contributed by atoms with E-state index in [2.05, 4.69) is 5.32 Å². The molecule has 1 atom stereocenters. The maximum absolute atomic E-state index is 13.3. The largest absolute Gasteiger partial charge is 0.325 e. The SMILES string of the molecule is CCS(=O)(=O)N1Cc2ccccc2C[C@H]1C(=O)Nc1ccc(F)c(Cl)c1. The van der Waals surface area contributed by atoms with Gasteiger partial charge >= 0.3 is 0 Å². The van der Waals surface area contributed by atoms with E-state index in [1.807, 2.05) is 24.3 Å². The van der Waals surface area contributed by atoms with E-state index in [0.29, 0.717) is 5.69 Å². The highest BCUT2D eigenvalue weighted by Crippen LogP contribution is 2.27. The van der Waals surface area contributed by atoms with E-state index in [4.69, 9.17) is 11.6 Å². The van der Waals surface area contributed by atoms with E-state index in [0.717, 1.165) is 17.2 Å². The van der Waals surface area contributed by atoms with Crippen LogP contribution in [-0.2, 0) is 27.8 Å². The summed E-state index contributed by atoms with van der Waals surface area (Å²) in [5, 5.41) is 2.52. The molecular formula is C18H18ClFN2O3S. The molecule has 0 saturated heterocycles. The minimum atomic E-state index is -3.58. The third-order valence-electron chi connectivity index (χ3n) is 4.42. The monoisotopic (exact) mass is 396 g/mol. The summed E-state index contributed by atoms with van der Waals surface area (Å²) in [6, 6.07) is 10.4. The Bertz CT molecular complexity index is 949. The molecular weight excluding hydrogens is 379 g/mol. The molecule has 1 amide bonds. The highest BCUT2D eigenvalue weighted by molar-refractivity contribution is 7.89. The third kappa shape index (κ3) is 3.75. The minimum Gasteiger partial charge on any atom is -0.325 e. The molecule has 0 aromatic heterocycles. The van der Waals surface area contributed by atoms with Gasteiger partial charge in [-0.2, -0.15) is 4.31 Å². The summed E-state index contributed by atoms with van der Waals surface area (Å²) in [7, 11) is -3.58. The molecule has 0 unspecified atom stereocenters. The van der Waals surface area contributed by atoms with Crippen LogP contribution in [-0.4, -0.2) is 30.4 Å². The Labute approximate surface area is 156 Å². The molecule has 1 heterocycles. The van der Waals surface area contributed by atoms with Gasteiger partial charge in [-0.1, -0.05) is 35.9 Å². The second kappa shape index (κ2) is 7.34. The average Bonchev–Trinajstić information content (AvgIpc) is 2.63. The fraction of sp³-hybridized carbons (Fsp3) is 0.278. The van der Waals surface area contributed by atoms with Crippen LogP contribution >= 0.6 is 11.6 Å². The lowest BCUT2D eigenvalue weighted by molar-refractivity contribution is -0.120. The number of anilines is 1. The molecule has 3 rings (SSSR count). The van der Waals surface area contributed by atoms with E-state index < -0.39 is 27.8 Å². The number of sulfonamides is 1. The molecule has 2 aromatic carbocycles. The fourth-order valence-corrected chi connectivity index (χ4v) is 4.39. The molecule has 2 aromatic rings. The van der Waals surface area contributed by atoms with Gasteiger partial charge in [0.2, 0.25) is 15.9 Å². The number of benzene rings is 2. The van der Waals surface area contributed by atoms with Gasteiger partial charge in [0.15, 0.2) is 0 Å². The van der Waals surface area contributed by atoms with Crippen LogP contribution in [0.4, 0.5) is 10.1 Å². The lowest BCUT2D eigenvalue weighted by atomic mass is 9.95. The number of nitrogens with one attached hydrogen (secondary N) is 1. The Morgan fingerprint density at radius 1 is 1.27 bits per heavy atom. The standard InChI is InChI=1S/C18H18ClFN2O3S/c1-2-26(24,25)22-11-13-6-4-3-5-12(13)9-17(22)18(23)21-14-7-8-16(20)15(19)10-14/h3-8,10,17H,2,9,11H2,1H3,(H,21,23)/t17-/m0/s1. The second-order valence-corrected chi connectivity index (χ2v) is 8.67. The molecule has 5 nitrogen and oxygen atoms in total. The first-order chi connectivity index (χ1) is 12.3. The lowest BCUT2D eigenvalue weighted by Crippen LogP contribution is -2.51. The second-order valence-electron chi connectivity index (χ2n) is 6.05. The predicted molar refractivity (Wildman–Crippen MR) is 99.0 cm³/mol. The van der Waals surface area contributed by atoms with Crippen LogP contribution in [0.25, 0.3) is 0 Å². The lowest BCUT2D eigenvalue weighted by Gasteiger charge is -2.34. The van der Waals surface area contributed by atoms with Crippen LogP contribution in [0.1, 0.15) is 18.1 Å². The van der Waals surface area contributed by atoms with Gasteiger partial charge in [-0.25, -0.2) is 12.8 Å². The number of hydrogen-bond donors (Lipinski definition) is 1. The molecule has 26 heavy (non-hydrogen) atoms. The number of fused-ring (bicyclic) bond motifs is 1. The van der Waals surface area contributed by atoms with Gasteiger partial charge < -0.3 is 5.32 Å². The summed E-state index contributed by atoms with van der Waals surface area (Å²) < 4.78 is 39.5. The van der Waals surface area contributed by atoms with E-state index >= 15 is 0 Å². The van der Waals surface area contributed by atoms with Crippen molar-refractivity contribution in [3.63, 3.8) is 0 Å². The average molecular weight is 397 g/mol. The Balaban J connectivity index is 1.91. The molecule has 0 spiro atoms. The van der Waals surface area contributed by atoms with Crippen molar-refractivity contribution < 1.29 is 17.6 Å². The highest BCUT2D eigenvalue weighted by Gasteiger charge is 2.37. The molecule has 0 fully saturated rings. The number of halogens is 2. The fourth-order valence-electron chi connectivity index (χ4n) is 2.98. The zero-order chi connectivity index (χ0) is 18.9.